The maximum absolute atomic E-state index is 9.04. The van der Waals surface area contributed by atoms with Crippen LogP contribution >= 0.6 is 11.8 Å². The highest BCUT2D eigenvalue weighted by Gasteiger charge is 2.23. The lowest BCUT2D eigenvalue weighted by Gasteiger charge is -2.09. The summed E-state index contributed by atoms with van der Waals surface area (Å²) in [5.74, 6) is 0.670. The Morgan fingerprint density at radius 2 is 2.38 bits per heavy atom. The predicted octanol–water partition coefficient (Wildman–Crippen LogP) is 1.60. The summed E-state index contributed by atoms with van der Waals surface area (Å²) in [6, 6.07) is 0. The summed E-state index contributed by atoms with van der Waals surface area (Å²) in [6.07, 6.45) is 2.98. The van der Waals surface area contributed by atoms with Crippen LogP contribution in [0.4, 0.5) is 0 Å². The number of rotatable bonds is 6. The van der Waals surface area contributed by atoms with Crippen molar-refractivity contribution < 1.29 is 14.6 Å². The van der Waals surface area contributed by atoms with Crippen molar-refractivity contribution in [2.45, 2.75) is 37.9 Å². The Hall–Kier alpha value is 0.230. The maximum atomic E-state index is 9.04. The fourth-order valence-electron chi connectivity index (χ4n) is 1.16. The summed E-state index contributed by atoms with van der Waals surface area (Å²) in [5, 5.41) is 9.04. The zero-order valence-corrected chi connectivity index (χ0v) is 8.89. The average molecular weight is 206 g/mol. The van der Waals surface area contributed by atoms with Crippen molar-refractivity contribution in [3.05, 3.63) is 0 Å². The van der Waals surface area contributed by atoms with Gasteiger partial charge in [-0.2, -0.15) is 0 Å². The van der Waals surface area contributed by atoms with Crippen molar-refractivity contribution in [3.63, 3.8) is 0 Å². The largest absolute Gasteiger partial charge is 0.378 e. The summed E-state index contributed by atoms with van der Waals surface area (Å²) in [5.41, 5.74) is 0.0385. The Kier molecular flexibility index (Phi) is 5.78. The number of aliphatic hydroxyl groups is 1. The molecule has 0 aliphatic carbocycles. The lowest BCUT2D eigenvalue weighted by Crippen LogP contribution is -2.15. The minimum atomic E-state index is -0.589. The van der Waals surface area contributed by atoms with E-state index in [4.69, 9.17) is 14.6 Å². The van der Waals surface area contributed by atoms with Gasteiger partial charge in [-0.15, -0.1) is 11.8 Å². The van der Waals surface area contributed by atoms with E-state index in [-0.39, 0.29) is 5.44 Å². The standard InChI is InChI=1S/C9H18O3S/c1-2-3-4-5-11-6-9-12-8(10)7-13-9/h8-10H,2-7H2,1H3. The third-order valence-electron chi connectivity index (χ3n) is 1.88. The number of aliphatic hydroxyl groups excluding tert-OH is 1. The summed E-state index contributed by atoms with van der Waals surface area (Å²) in [7, 11) is 0. The normalized spacial score (nSPS) is 28.2. The quantitative estimate of drug-likeness (QED) is 0.670. The number of unbranched alkanes of at least 4 members (excludes halogenated alkanes) is 2. The van der Waals surface area contributed by atoms with Crippen LogP contribution in [-0.2, 0) is 9.47 Å². The van der Waals surface area contributed by atoms with E-state index < -0.39 is 6.29 Å². The molecule has 1 N–H and O–H groups in total. The first-order valence-electron chi connectivity index (χ1n) is 4.85. The molecule has 0 saturated carbocycles. The SMILES string of the molecule is CCCCCOCC1OC(O)CS1. The van der Waals surface area contributed by atoms with Gasteiger partial charge in [0.1, 0.15) is 5.44 Å². The minimum Gasteiger partial charge on any atom is -0.378 e. The highest BCUT2D eigenvalue weighted by molar-refractivity contribution is 8.00. The molecular formula is C9H18O3S. The number of thioether (sulfide) groups is 1. The molecule has 78 valence electrons. The maximum Gasteiger partial charge on any atom is 0.165 e. The van der Waals surface area contributed by atoms with Crippen LogP contribution in [0.25, 0.3) is 0 Å². The van der Waals surface area contributed by atoms with E-state index in [0.29, 0.717) is 12.4 Å². The smallest absolute Gasteiger partial charge is 0.165 e. The second-order valence-electron chi connectivity index (χ2n) is 3.14. The number of hydrogen-bond donors (Lipinski definition) is 1. The van der Waals surface area contributed by atoms with Crippen LogP contribution in [0.3, 0.4) is 0 Å². The highest BCUT2D eigenvalue weighted by atomic mass is 32.2. The zero-order chi connectivity index (χ0) is 9.52. The van der Waals surface area contributed by atoms with E-state index in [1.807, 2.05) is 0 Å². The fraction of sp³-hybridized carbons (Fsp3) is 1.00. The topological polar surface area (TPSA) is 38.7 Å². The van der Waals surface area contributed by atoms with Crippen LogP contribution in [0.2, 0.25) is 0 Å². The van der Waals surface area contributed by atoms with Gasteiger partial charge in [0.2, 0.25) is 0 Å². The second kappa shape index (κ2) is 6.65. The van der Waals surface area contributed by atoms with Gasteiger partial charge in [-0.25, -0.2) is 0 Å². The van der Waals surface area contributed by atoms with Gasteiger partial charge in [0.25, 0.3) is 0 Å². The Bertz CT molecular complexity index is 132. The van der Waals surface area contributed by atoms with Crippen molar-refractivity contribution in [3.8, 4) is 0 Å². The average Bonchev–Trinajstić information content (AvgIpc) is 2.51. The lowest BCUT2D eigenvalue weighted by molar-refractivity contribution is -0.0969. The molecule has 1 rings (SSSR count). The fourth-order valence-corrected chi connectivity index (χ4v) is 2.02. The molecule has 0 bridgehead atoms. The van der Waals surface area contributed by atoms with Crippen LogP contribution in [0.1, 0.15) is 26.2 Å². The molecular weight excluding hydrogens is 188 g/mol. The molecule has 0 aromatic rings. The van der Waals surface area contributed by atoms with Gasteiger partial charge in [-0.3, -0.25) is 0 Å². The Morgan fingerprint density at radius 3 is 3.00 bits per heavy atom. The molecule has 0 aromatic carbocycles. The molecule has 2 atom stereocenters. The molecule has 1 saturated heterocycles. The van der Waals surface area contributed by atoms with Crippen molar-refractivity contribution in [1.82, 2.24) is 0 Å². The molecule has 1 aliphatic rings. The third kappa shape index (κ3) is 4.86. The first-order chi connectivity index (χ1) is 6.33. The molecule has 1 fully saturated rings. The Balaban J connectivity index is 1.88. The van der Waals surface area contributed by atoms with Gasteiger partial charge in [-0.05, 0) is 6.42 Å². The summed E-state index contributed by atoms with van der Waals surface area (Å²) in [6.45, 7) is 3.59. The number of hydrogen-bond acceptors (Lipinski definition) is 4. The first-order valence-corrected chi connectivity index (χ1v) is 5.90. The molecule has 0 aromatic heterocycles. The lowest BCUT2D eigenvalue weighted by atomic mass is 10.3. The van der Waals surface area contributed by atoms with E-state index >= 15 is 0 Å². The van der Waals surface area contributed by atoms with Gasteiger partial charge in [-0.1, -0.05) is 19.8 Å². The second-order valence-corrected chi connectivity index (χ2v) is 4.33. The molecule has 0 amide bonds. The summed E-state index contributed by atoms with van der Waals surface area (Å²) < 4.78 is 10.6. The zero-order valence-electron chi connectivity index (χ0n) is 8.07. The number of ether oxygens (including phenoxy) is 2. The van der Waals surface area contributed by atoms with Gasteiger partial charge >= 0.3 is 0 Å². The summed E-state index contributed by atoms with van der Waals surface area (Å²) in [4.78, 5) is 0. The molecule has 1 aliphatic heterocycles. The molecule has 0 radical (unpaired) electrons. The Labute approximate surface area is 83.8 Å². The predicted molar refractivity (Wildman–Crippen MR) is 53.7 cm³/mol. The van der Waals surface area contributed by atoms with Gasteiger partial charge in [0, 0.05) is 12.4 Å². The minimum absolute atomic E-state index is 0.0385. The van der Waals surface area contributed by atoms with Crippen LogP contribution in [0.5, 0.6) is 0 Å². The van der Waals surface area contributed by atoms with E-state index in [2.05, 4.69) is 6.92 Å². The van der Waals surface area contributed by atoms with Gasteiger partial charge in [0.05, 0.1) is 6.61 Å². The van der Waals surface area contributed by atoms with Gasteiger partial charge < -0.3 is 14.6 Å². The van der Waals surface area contributed by atoms with E-state index in [1.165, 1.54) is 12.8 Å². The molecule has 13 heavy (non-hydrogen) atoms. The molecule has 4 heteroatoms. The van der Waals surface area contributed by atoms with Crippen LogP contribution in [-0.4, -0.2) is 35.8 Å². The van der Waals surface area contributed by atoms with Crippen molar-refractivity contribution in [2.24, 2.45) is 0 Å². The Morgan fingerprint density at radius 1 is 1.54 bits per heavy atom. The van der Waals surface area contributed by atoms with Crippen LogP contribution in [0, 0.1) is 0 Å². The highest BCUT2D eigenvalue weighted by Crippen LogP contribution is 2.23. The first kappa shape index (κ1) is 11.3. The van der Waals surface area contributed by atoms with E-state index in [9.17, 15) is 0 Å². The van der Waals surface area contributed by atoms with Crippen LogP contribution in [0.15, 0.2) is 0 Å². The van der Waals surface area contributed by atoms with Crippen LogP contribution < -0.4 is 0 Å². The van der Waals surface area contributed by atoms with Crippen molar-refractivity contribution in [1.29, 1.82) is 0 Å². The monoisotopic (exact) mass is 206 g/mol. The summed E-state index contributed by atoms with van der Waals surface area (Å²) >= 11 is 1.62. The van der Waals surface area contributed by atoms with Gasteiger partial charge in [0.15, 0.2) is 6.29 Å². The molecule has 3 nitrogen and oxygen atoms in total. The van der Waals surface area contributed by atoms with Crippen molar-refractivity contribution in [2.75, 3.05) is 19.0 Å². The van der Waals surface area contributed by atoms with Crippen molar-refractivity contribution >= 4 is 11.8 Å². The third-order valence-corrected chi connectivity index (χ3v) is 2.98. The molecule has 1 heterocycles. The molecule has 2 unspecified atom stereocenters. The molecule has 0 spiro atoms. The van der Waals surface area contributed by atoms with E-state index in [0.717, 1.165) is 13.0 Å². The van der Waals surface area contributed by atoms with E-state index in [1.54, 1.807) is 11.8 Å².